The molecule has 0 unspecified atom stereocenters. The number of hydrogen-bond acceptors (Lipinski definition) is 3. The van der Waals surface area contributed by atoms with Crippen molar-refractivity contribution in [1.29, 1.82) is 0 Å². The van der Waals surface area contributed by atoms with Crippen LogP contribution in [0.5, 0.6) is 5.75 Å². The van der Waals surface area contributed by atoms with Gasteiger partial charge in [0.05, 0.1) is 6.61 Å². The van der Waals surface area contributed by atoms with Crippen LogP contribution < -0.4 is 10.1 Å². The van der Waals surface area contributed by atoms with Crippen molar-refractivity contribution in [3.63, 3.8) is 0 Å². The van der Waals surface area contributed by atoms with Gasteiger partial charge in [-0.3, -0.25) is 0 Å². The smallest absolute Gasteiger partial charge is 0.119 e. The Morgan fingerprint density at radius 2 is 2.00 bits per heavy atom. The predicted octanol–water partition coefficient (Wildman–Crippen LogP) is 2.80. The summed E-state index contributed by atoms with van der Waals surface area (Å²) in [4.78, 5) is 0. The highest BCUT2D eigenvalue weighted by atomic mass is 32.2. The van der Waals surface area contributed by atoms with Crippen molar-refractivity contribution in [2.45, 2.75) is 13.3 Å². The molecule has 0 aliphatic heterocycles. The molecule has 0 amide bonds. The zero-order chi connectivity index (χ0) is 11.5. The second-order valence-corrected chi connectivity index (χ2v) is 4.86. The second kappa shape index (κ2) is 9.55. The molecule has 90 valence electrons. The van der Waals surface area contributed by atoms with Gasteiger partial charge in [-0.2, -0.15) is 11.8 Å². The van der Waals surface area contributed by atoms with Gasteiger partial charge in [0.1, 0.15) is 5.75 Å². The number of thioether (sulfide) groups is 1. The number of nitrogens with one attached hydrogen (secondary N) is 1. The van der Waals surface area contributed by atoms with Crippen molar-refractivity contribution in [3.8, 4) is 5.75 Å². The van der Waals surface area contributed by atoms with E-state index in [4.69, 9.17) is 4.74 Å². The molecule has 0 radical (unpaired) electrons. The van der Waals surface area contributed by atoms with E-state index >= 15 is 0 Å². The van der Waals surface area contributed by atoms with E-state index in [9.17, 15) is 0 Å². The first-order valence-electron chi connectivity index (χ1n) is 5.90. The molecule has 0 spiro atoms. The molecule has 16 heavy (non-hydrogen) atoms. The van der Waals surface area contributed by atoms with Crippen LogP contribution in [-0.2, 0) is 0 Å². The molecule has 0 fully saturated rings. The van der Waals surface area contributed by atoms with Crippen LogP contribution in [0.25, 0.3) is 0 Å². The maximum atomic E-state index is 5.59. The van der Waals surface area contributed by atoms with E-state index in [1.807, 2.05) is 42.1 Å². The molecule has 3 heteroatoms. The van der Waals surface area contributed by atoms with Gasteiger partial charge in [-0.15, -0.1) is 0 Å². The number of ether oxygens (including phenoxy) is 1. The Hall–Kier alpha value is -0.670. The summed E-state index contributed by atoms with van der Waals surface area (Å²) >= 11 is 1.98. The maximum Gasteiger partial charge on any atom is 0.119 e. The van der Waals surface area contributed by atoms with Crippen molar-refractivity contribution in [3.05, 3.63) is 30.3 Å². The molecule has 2 nitrogen and oxygen atoms in total. The summed E-state index contributed by atoms with van der Waals surface area (Å²) in [6, 6.07) is 9.97. The summed E-state index contributed by atoms with van der Waals surface area (Å²) in [6.45, 7) is 5.12. The van der Waals surface area contributed by atoms with Gasteiger partial charge in [0, 0.05) is 12.3 Å². The lowest BCUT2D eigenvalue weighted by Gasteiger charge is -2.06. The third-order valence-corrected chi connectivity index (χ3v) is 3.04. The number of benzene rings is 1. The highest BCUT2D eigenvalue weighted by molar-refractivity contribution is 7.99. The van der Waals surface area contributed by atoms with Gasteiger partial charge in [0.25, 0.3) is 0 Å². The molecule has 0 heterocycles. The van der Waals surface area contributed by atoms with Crippen LogP contribution in [0.1, 0.15) is 13.3 Å². The molecule has 1 rings (SSSR count). The molecule has 1 N–H and O–H groups in total. The number of rotatable bonds is 9. The Morgan fingerprint density at radius 1 is 1.19 bits per heavy atom. The minimum Gasteiger partial charge on any atom is -0.494 e. The van der Waals surface area contributed by atoms with Crippen molar-refractivity contribution in [2.24, 2.45) is 0 Å². The zero-order valence-corrected chi connectivity index (χ0v) is 10.8. The average molecular weight is 239 g/mol. The van der Waals surface area contributed by atoms with E-state index in [-0.39, 0.29) is 0 Å². The molecule has 0 aliphatic rings. The molecular formula is C13H21NOS. The summed E-state index contributed by atoms with van der Waals surface area (Å²) in [5.74, 6) is 3.37. The lowest BCUT2D eigenvalue weighted by molar-refractivity contribution is 0.309. The molecule has 0 saturated carbocycles. The van der Waals surface area contributed by atoms with Crippen LogP contribution in [0.15, 0.2) is 30.3 Å². The van der Waals surface area contributed by atoms with E-state index in [2.05, 4.69) is 12.2 Å². The average Bonchev–Trinajstić information content (AvgIpc) is 2.34. The highest BCUT2D eigenvalue weighted by Gasteiger charge is 1.92. The molecule has 0 aliphatic carbocycles. The molecule has 1 aromatic rings. The Bertz CT molecular complexity index is 253. The van der Waals surface area contributed by atoms with Gasteiger partial charge in [-0.05, 0) is 30.9 Å². The summed E-state index contributed by atoms with van der Waals surface area (Å²) in [5.41, 5.74) is 0. The second-order valence-electron chi connectivity index (χ2n) is 3.46. The number of hydrogen-bond donors (Lipinski definition) is 1. The standard InChI is InChI=1S/C13H21NOS/c1-2-16-12-10-14-9-6-11-15-13-7-4-3-5-8-13/h3-5,7-8,14H,2,6,9-12H2,1H3. The fraction of sp³-hybridized carbons (Fsp3) is 0.538. The Labute approximate surface area is 103 Å². The fourth-order valence-electron chi connectivity index (χ4n) is 1.32. The molecule has 0 atom stereocenters. The lowest BCUT2D eigenvalue weighted by Crippen LogP contribution is -2.20. The van der Waals surface area contributed by atoms with Crippen LogP contribution in [-0.4, -0.2) is 31.2 Å². The molecule has 0 aromatic heterocycles. The van der Waals surface area contributed by atoms with Crippen LogP contribution in [0.4, 0.5) is 0 Å². The molecule has 0 bridgehead atoms. The van der Waals surface area contributed by atoms with Gasteiger partial charge in [0.2, 0.25) is 0 Å². The first kappa shape index (κ1) is 13.4. The van der Waals surface area contributed by atoms with Crippen molar-refractivity contribution in [1.82, 2.24) is 5.32 Å². The van der Waals surface area contributed by atoms with Gasteiger partial charge in [-0.25, -0.2) is 0 Å². The first-order valence-corrected chi connectivity index (χ1v) is 7.05. The van der Waals surface area contributed by atoms with E-state index in [0.717, 1.165) is 31.9 Å². The summed E-state index contributed by atoms with van der Waals surface area (Å²) in [6.07, 6.45) is 1.06. The van der Waals surface area contributed by atoms with Crippen molar-refractivity contribution < 1.29 is 4.74 Å². The molecule has 1 aromatic carbocycles. The minimum atomic E-state index is 0.790. The largest absolute Gasteiger partial charge is 0.494 e. The quantitative estimate of drug-likeness (QED) is 0.670. The Kier molecular flexibility index (Phi) is 7.99. The fourth-order valence-corrected chi connectivity index (χ4v) is 1.89. The van der Waals surface area contributed by atoms with Gasteiger partial charge in [0.15, 0.2) is 0 Å². The van der Waals surface area contributed by atoms with E-state index in [1.54, 1.807) is 0 Å². The van der Waals surface area contributed by atoms with Crippen LogP contribution in [0, 0.1) is 0 Å². The normalized spacial score (nSPS) is 10.3. The predicted molar refractivity (Wildman–Crippen MR) is 72.4 cm³/mol. The number of para-hydroxylation sites is 1. The van der Waals surface area contributed by atoms with E-state index in [1.165, 1.54) is 11.5 Å². The van der Waals surface area contributed by atoms with Gasteiger partial charge in [-0.1, -0.05) is 25.1 Å². The van der Waals surface area contributed by atoms with Crippen molar-refractivity contribution >= 4 is 11.8 Å². The van der Waals surface area contributed by atoms with Crippen LogP contribution in [0.2, 0.25) is 0 Å². The molecular weight excluding hydrogens is 218 g/mol. The third kappa shape index (κ3) is 6.75. The summed E-state index contributed by atoms with van der Waals surface area (Å²) in [5, 5.41) is 3.41. The van der Waals surface area contributed by atoms with E-state index < -0.39 is 0 Å². The van der Waals surface area contributed by atoms with E-state index in [0.29, 0.717) is 0 Å². The zero-order valence-electron chi connectivity index (χ0n) is 9.95. The summed E-state index contributed by atoms with van der Waals surface area (Å²) < 4.78 is 5.59. The topological polar surface area (TPSA) is 21.3 Å². The Balaban J connectivity index is 1.89. The van der Waals surface area contributed by atoms with Crippen molar-refractivity contribution in [2.75, 3.05) is 31.2 Å². The summed E-state index contributed by atoms with van der Waals surface area (Å²) in [7, 11) is 0. The monoisotopic (exact) mass is 239 g/mol. The Morgan fingerprint density at radius 3 is 2.75 bits per heavy atom. The maximum absolute atomic E-state index is 5.59. The minimum absolute atomic E-state index is 0.790. The highest BCUT2D eigenvalue weighted by Crippen LogP contribution is 2.07. The van der Waals surface area contributed by atoms with Crippen LogP contribution in [0.3, 0.4) is 0 Å². The van der Waals surface area contributed by atoms with Crippen LogP contribution >= 0.6 is 11.8 Å². The lowest BCUT2D eigenvalue weighted by atomic mass is 10.3. The molecule has 0 saturated heterocycles. The SMILES string of the molecule is CCSCCNCCCOc1ccccc1. The third-order valence-electron chi connectivity index (χ3n) is 2.14. The first-order chi connectivity index (χ1) is 7.93. The van der Waals surface area contributed by atoms with Gasteiger partial charge >= 0.3 is 0 Å². The van der Waals surface area contributed by atoms with Gasteiger partial charge < -0.3 is 10.1 Å².